The standard InChI is InChI=1S/C15H25N3O2/c1-5-13-10(3)17-18(11(13)4)9-15(14(19)20,16-6-2)12-7-8-12/h12,16H,5-9H2,1-4H3,(H,19,20). The molecule has 2 rings (SSSR count). The van der Waals surface area contributed by atoms with Gasteiger partial charge in [-0.05, 0) is 51.1 Å². The van der Waals surface area contributed by atoms with E-state index in [0.29, 0.717) is 13.1 Å². The molecule has 1 atom stereocenters. The highest BCUT2D eigenvalue weighted by atomic mass is 16.4. The lowest BCUT2D eigenvalue weighted by atomic mass is 9.93. The van der Waals surface area contributed by atoms with Crippen LogP contribution in [0.5, 0.6) is 0 Å². The summed E-state index contributed by atoms with van der Waals surface area (Å²) < 4.78 is 1.88. The van der Waals surface area contributed by atoms with Gasteiger partial charge in [-0.2, -0.15) is 5.10 Å². The summed E-state index contributed by atoms with van der Waals surface area (Å²) in [5, 5.41) is 17.5. The molecule has 1 heterocycles. The third-order valence-electron chi connectivity index (χ3n) is 4.43. The summed E-state index contributed by atoms with van der Waals surface area (Å²) in [6, 6.07) is 0. The third-order valence-corrected chi connectivity index (χ3v) is 4.43. The maximum absolute atomic E-state index is 11.9. The van der Waals surface area contributed by atoms with E-state index in [4.69, 9.17) is 0 Å². The first kappa shape index (κ1) is 15.0. The zero-order chi connectivity index (χ0) is 14.9. The van der Waals surface area contributed by atoms with Gasteiger partial charge in [-0.3, -0.25) is 9.48 Å². The van der Waals surface area contributed by atoms with Gasteiger partial charge in [0, 0.05) is 5.69 Å². The number of carboxylic acids is 1. The molecule has 1 aliphatic rings. The van der Waals surface area contributed by atoms with Crippen LogP contribution in [0.15, 0.2) is 0 Å². The highest BCUT2D eigenvalue weighted by Crippen LogP contribution is 2.41. The van der Waals surface area contributed by atoms with E-state index >= 15 is 0 Å². The van der Waals surface area contributed by atoms with Crippen molar-refractivity contribution in [2.24, 2.45) is 5.92 Å². The maximum Gasteiger partial charge on any atom is 0.326 e. The molecule has 0 saturated heterocycles. The molecule has 1 aliphatic carbocycles. The Morgan fingerprint density at radius 2 is 2.10 bits per heavy atom. The molecule has 1 aromatic heterocycles. The largest absolute Gasteiger partial charge is 0.480 e. The molecule has 1 saturated carbocycles. The summed E-state index contributed by atoms with van der Waals surface area (Å²) in [4.78, 5) is 11.9. The van der Waals surface area contributed by atoms with E-state index in [1.54, 1.807) is 0 Å². The minimum absolute atomic E-state index is 0.217. The quantitative estimate of drug-likeness (QED) is 0.800. The molecule has 5 heteroatoms. The van der Waals surface area contributed by atoms with Crippen LogP contribution in [0.2, 0.25) is 0 Å². The molecule has 112 valence electrons. The Morgan fingerprint density at radius 1 is 1.45 bits per heavy atom. The van der Waals surface area contributed by atoms with Gasteiger partial charge in [-0.1, -0.05) is 13.8 Å². The molecule has 20 heavy (non-hydrogen) atoms. The number of aromatic nitrogens is 2. The van der Waals surface area contributed by atoms with Gasteiger partial charge in [0.25, 0.3) is 0 Å². The van der Waals surface area contributed by atoms with Crippen LogP contribution in [0, 0.1) is 19.8 Å². The van der Waals surface area contributed by atoms with Gasteiger partial charge in [0.05, 0.1) is 12.2 Å². The van der Waals surface area contributed by atoms with Crippen molar-refractivity contribution < 1.29 is 9.90 Å². The molecule has 0 bridgehead atoms. The van der Waals surface area contributed by atoms with Crippen LogP contribution in [0.1, 0.15) is 43.6 Å². The van der Waals surface area contributed by atoms with Crippen molar-refractivity contribution in [1.82, 2.24) is 15.1 Å². The molecule has 1 aromatic rings. The number of carboxylic acid groups (broad SMARTS) is 1. The Kier molecular flexibility index (Phi) is 4.18. The Labute approximate surface area is 120 Å². The van der Waals surface area contributed by atoms with Gasteiger partial charge >= 0.3 is 5.97 Å². The van der Waals surface area contributed by atoms with Crippen molar-refractivity contribution in [2.45, 2.75) is 59.0 Å². The van der Waals surface area contributed by atoms with Gasteiger partial charge in [-0.25, -0.2) is 0 Å². The van der Waals surface area contributed by atoms with Crippen molar-refractivity contribution in [3.8, 4) is 0 Å². The van der Waals surface area contributed by atoms with Crippen molar-refractivity contribution >= 4 is 5.97 Å². The molecule has 0 amide bonds. The molecule has 0 aromatic carbocycles. The molecule has 1 fully saturated rings. The van der Waals surface area contributed by atoms with Crippen molar-refractivity contribution in [2.75, 3.05) is 6.54 Å². The van der Waals surface area contributed by atoms with Crippen LogP contribution in [-0.2, 0) is 17.8 Å². The van der Waals surface area contributed by atoms with Gasteiger partial charge in [0.15, 0.2) is 0 Å². The van der Waals surface area contributed by atoms with Gasteiger partial charge in [-0.15, -0.1) is 0 Å². The Balaban J connectivity index is 2.35. The van der Waals surface area contributed by atoms with Crippen LogP contribution in [-0.4, -0.2) is 32.9 Å². The van der Waals surface area contributed by atoms with E-state index in [2.05, 4.69) is 17.3 Å². The summed E-state index contributed by atoms with van der Waals surface area (Å²) in [5.74, 6) is -0.540. The van der Waals surface area contributed by atoms with Gasteiger partial charge in [0.1, 0.15) is 5.54 Å². The lowest BCUT2D eigenvalue weighted by Crippen LogP contribution is -2.57. The number of carbonyl (C=O) groups is 1. The summed E-state index contributed by atoms with van der Waals surface area (Å²) in [6.07, 6.45) is 2.90. The van der Waals surface area contributed by atoms with Crippen LogP contribution < -0.4 is 5.32 Å². The zero-order valence-electron chi connectivity index (χ0n) is 12.9. The number of rotatable bonds is 7. The number of nitrogens with one attached hydrogen (secondary N) is 1. The monoisotopic (exact) mass is 279 g/mol. The van der Waals surface area contributed by atoms with Crippen molar-refractivity contribution in [3.63, 3.8) is 0 Å². The van der Waals surface area contributed by atoms with Gasteiger partial charge < -0.3 is 10.4 Å². The second-order valence-electron chi connectivity index (χ2n) is 5.74. The number of likely N-dealkylation sites (N-methyl/N-ethyl adjacent to an activating group) is 1. The molecule has 2 N–H and O–H groups in total. The second-order valence-corrected chi connectivity index (χ2v) is 5.74. The van der Waals surface area contributed by atoms with Crippen molar-refractivity contribution in [1.29, 1.82) is 0 Å². The minimum Gasteiger partial charge on any atom is -0.480 e. The molecular weight excluding hydrogens is 254 g/mol. The number of aryl methyl sites for hydroxylation is 1. The fraction of sp³-hybridized carbons (Fsp3) is 0.733. The fourth-order valence-corrected chi connectivity index (χ4v) is 3.17. The van der Waals surface area contributed by atoms with E-state index in [0.717, 1.165) is 30.7 Å². The topological polar surface area (TPSA) is 67.2 Å². The first-order valence-electron chi connectivity index (χ1n) is 7.47. The number of hydrogen-bond donors (Lipinski definition) is 2. The Bertz CT molecular complexity index is 505. The lowest BCUT2D eigenvalue weighted by Gasteiger charge is -2.31. The number of aliphatic carboxylic acids is 1. The number of nitrogens with zero attached hydrogens (tertiary/aromatic N) is 2. The molecule has 0 radical (unpaired) electrons. The van der Waals surface area contributed by atoms with Crippen LogP contribution >= 0.6 is 0 Å². The van der Waals surface area contributed by atoms with E-state index in [1.165, 1.54) is 5.56 Å². The van der Waals surface area contributed by atoms with E-state index < -0.39 is 11.5 Å². The normalized spacial score (nSPS) is 18.0. The van der Waals surface area contributed by atoms with E-state index in [-0.39, 0.29) is 5.92 Å². The Hall–Kier alpha value is -1.36. The van der Waals surface area contributed by atoms with E-state index in [9.17, 15) is 9.90 Å². The summed E-state index contributed by atoms with van der Waals surface area (Å²) >= 11 is 0. The average molecular weight is 279 g/mol. The zero-order valence-corrected chi connectivity index (χ0v) is 12.9. The van der Waals surface area contributed by atoms with Crippen LogP contribution in [0.3, 0.4) is 0 Å². The molecule has 0 aliphatic heterocycles. The molecule has 5 nitrogen and oxygen atoms in total. The minimum atomic E-state index is -0.872. The van der Waals surface area contributed by atoms with Crippen molar-refractivity contribution in [3.05, 3.63) is 17.0 Å². The average Bonchev–Trinajstić information content (AvgIpc) is 3.18. The molecular formula is C15H25N3O2. The van der Waals surface area contributed by atoms with Crippen LogP contribution in [0.25, 0.3) is 0 Å². The molecule has 0 spiro atoms. The third kappa shape index (κ3) is 2.46. The first-order valence-corrected chi connectivity index (χ1v) is 7.47. The lowest BCUT2D eigenvalue weighted by molar-refractivity contribution is -0.146. The Morgan fingerprint density at radius 3 is 2.50 bits per heavy atom. The SMILES string of the molecule is CCNC(Cn1nc(C)c(CC)c1C)(C(=O)O)C1CC1. The summed E-state index contributed by atoms with van der Waals surface area (Å²) in [5.41, 5.74) is 2.46. The maximum atomic E-state index is 11.9. The number of hydrogen-bond acceptors (Lipinski definition) is 3. The summed E-state index contributed by atoms with van der Waals surface area (Å²) in [7, 11) is 0. The van der Waals surface area contributed by atoms with E-state index in [1.807, 2.05) is 25.5 Å². The highest BCUT2D eigenvalue weighted by molar-refractivity contribution is 5.79. The first-order chi connectivity index (χ1) is 9.46. The smallest absolute Gasteiger partial charge is 0.326 e. The second kappa shape index (κ2) is 5.56. The predicted octanol–water partition coefficient (Wildman–Crippen LogP) is 1.91. The molecule has 1 unspecified atom stereocenters. The fourth-order valence-electron chi connectivity index (χ4n) is 3.17. The van der Waals surface area contributed by atoms with Crippen LogP contribution in [0.4, 0.5) is 0 Å². The van der Waals surface area contributed by atoms with Gasteiger partial charge in [0.2, 0.25) is 0 Å². The summed E-state index contributed by atoms with van der Waals surface area (Å²) in [6.45, 7) is 9.16. The highest BCUT2D eigenvalue weighted by Gasteiger charge is 2.51. The predicted molar refractivity (Wildman–Crippen MR) is 77.8 cm³/mol.